The van der Waals surface area contributed by atoms with E-state index in [4.69, 9.17) is 5.73 Å². The van der Waals surface area contributed by atoms with Gasteiger partial charge in [-0.25, -0.2) is 0 Å². The third-order valence-corrected chi connectivity index (χ3v) is 3.75. The maximum Gasteiger partial charge on any atom is 0.461 e. The van der Waals surface area contributed by atoms with Gasteiger partial charge in [0, 0.05) is 0 Å². The van der Waals surface area contributed by atoms with E-state index in [-0.39, 0.29) is 18.3 Å². The van der Waals surface area contributed by atoms with Gasteiger partial charge in [-0.2, -0.15) is 17.6 Å². The van der Waals surface area contributed by atoms with Crippen LogP contribution in [0.25, 0.3) is 0 Å². The molecule has 22 heavy (non-hydrogen) atoms. The van der Waals surface area contributed by atoms with Crippen molar-refractivity contribution in [2.75, 3.05) is 0 Å². The van der Waals surface area contributed by atoms with Crippen molar-refractivity contribution in [2.24, 2.45) is 11.7 Å². The number of rotatable bonds is 6. The first-order valence-electron chi connectivity index (χ1n) is 6.70. The first-order chi connectivity index (χ1) is 9.81. The van der Waals surface area contributed by atoms with Gasteiger partial charge < -0.3 is 15.6 Å². The Bertz CT molecular complexity index is 486. The molecule has 2 atom stereocenters. The summed E-state index contributed by atoms with van der Waals surface area (Å²) in [6.45, 7) is 0. The second-order valence-electron chi connectivity index (χ2n) is 5.24. The summed E-state index contributed by atoms with van der Waals surface area (Å²) in [5, 5.41) is 10.1. The van der Waals surface area contributed by atoms with Crippen LogP contribution >= 0.6 is 12.4 Å². The van der Waals surface area contributed by atoms with Crippen LogP contribution < -0.4 is 10.5 Å². The molecule has 1 aromatic carbocycles. The van der Waals surface area contributed by atoms with E-state index in [0.717, 1.165) is 31.4 Å². The summed E-state index contributed by atoms with van der Waals surface area (Å²) in [6.07, 6.45) is -6.50. The van der Waals surface area contributed by atoms with Crippen LogP contribution in [0.2, 0.25) is 0 Å². The van der Waals surface area contributed by atoms with Gasteiger partial charge in [-0.15, -0.1) is 12.4 Å². The third-order valence-electron chi connectivity index (χ3n) is 3.75. The zero-order valence-electron chi connectivity index (χ0n) is 11.6. The second kappa shape index (κ2) is 7.48. The molecular weight excluding hydrogens is 326 g/mol. The van der Waals surface area contributed by atoms with Crippen LogP contribution in [0.3, 0.4) is 0 Å². The number of alkyl halides is 4. The van der Waals surface area contributed by atoms with E-state index in [1.807, 2.05) is 0 Å². The smallest absolute Gasteiger partial charge is 0.428 e. The van der Waals surface area contributed by atoms with Gasteiger partial charge in [-0.3, -0.25) is 0 Å². The van der Waals surface area contributed by atoms with Gasteiger partial charge in [-0.05, 0) is 36.5 Å². The highest BCUT2D eigenvalue weighted by Gasteiger charge is 2.44. The summed E-state index contributed by atoms with van der Waals surface area (Å²) in [5.74, 6) is -0.318. The van der Waals surface area contributed by atoms with E-state index < -0.39 is 30.4 Å². The van der Waals surface area contributed by atoms with Crippen LogP contribution in [0.1, 0.15) is 30.9 Å². The molecule has 126 valence electrons. The van der Waals surface area contributed by atoms with Crippen molar-refractivity contribution in [3.8, 4) is 5.75 Å². The van der Waals surface area contributed by atoms with Gasteiger partial charge in [0.25, 0.3) is 0 Å². The lowest BCUT2D eigenvalue weighted by Gasteiger charge is -2.33. The molecule has 0 amide bonds. The van der Waals surface area contributed by atoms with E-state index in [2.05, 4.69) is 4.74 Å². The lowest BCUT2D eigenvalue weighted by Crippen LogP contribution is -2.36. The lowest BCUT2D eigenvalue weighted by molar-refractivity contribution is -0.253. The zero-order chi connectivity index (χ0) is 15.6. The first kappa shape index (κ1) is 19.0. The van der Waals surface area contributed by atoms with Gasteiger partial charge in [0.15, 0.2) is 0 Å². The Morgan fingerprint density at radius 1 is 1.27 bits per heavy atom. The average Bonchev–Trinajstić information content (AvgIpc) is 2.35. The van der Waals surface area contributed by atoms with Crippen molar-refractivity contribution in [1.29, 1.82) is 0 Å². The van der Waals surface area contributed by atoms with Gasteiger partial charge >= 0.3 is 12.5 Å². The highest BCUT2D eigenvalue weighted by Crippen LogP contribution is 2.35. The van der Waals surface area contributed by atoms with Gasteiger partial charge in [0.05, 0.1) is 12.1 Å². The molecule has 0 saturated heterocycles. The van der Waals surface area contributed by atoms with Crippen molar-refractivity contribution in [1.82, 2.24) is 0 Å². The molecule has 1 aliphatic rings. The van der Waals surface area contributed by atoms with Gasteiger partial charge in [0.2, 0.25) is 0 Å². The van der Waals surface area contributed by atoms with Crippen LogP contribution in [-0.4, -0.2) is 23.7 Å². The standard InChI is InChI=1S/C14H17F4NO2.ClH/c15-13(16)14(17,18)21-10-6-2-5-9(7-10)11(19)12(20)8-3-1-4-8;/h2,5-8,11-13,20H,1,3-4,19H2;1H/t11-,12+;/m1./s1. The molecule has 1 fully saturated rings. The fraction of sp³-hybridized carbons (Fsp3) is 0.571. The second-order valence-corrected chi connectivity index (χ2v) is 5.24. The maximum atomic E-state index is 12.9. The maximum absolute atomic E-state index is 12.9. The lowest BCUT2D eigenvalue weighted by atomic mass is 9.77. The Balaban J connectivity index is 0.00000242. The molecule has 2 rings (SSSR count). The molecule has 3 N–H and O–H groups in total. The van der Waals surface area contributed by atoms with E-state index in [0.29, 0.717) is 5.56 Å². The molecule has 0 heterocycles. The number of nitrogens with two attached hydrogens (primary N) is 1. The Morgan fingerprint density at radius 2 is 1.91 bits per heavy atom. The SMILES string of the molecule is Cl.N[C@H](c1cccc(OC(F)(F)C(F)F)c1)[C@@H](O)C1CCC1. The summed E-state index contributed by atoms with van der Waals surface area (Å²) in [6, 6.07) is 4.45. The normalized spacial score (nSPS) is 18.3. The molecule has 1 aliphatic carbocycles. The van der Waals surface area contributed by atoms with Crippen LogP contribution in [0, 0.1) is 5.92 Å². The molecule has 3 nitrogen and oxygen atoms in total. The molecular formula is C14H18ClF4NO2. The van der Waals surface area contributed by atoms with Gasteiger partial charge in [0.1, 0.15) is 5.75 Å². The predicted molar refractivity (Wildman–Crippen MR) is 75.5 cm³/mol. The highest BCUT2D eigenvalue weighted by atomic mass is 35.5. The molecule has 0 radical (unpaired) electrons. The van der Waals surface area contributed by atoms with Crippen LogP contribution in [0.5, 0.6) is 5.75 Å². The van der Waals surface area contributed by atoms with Crippen LogP contribution in [0.15, 0.2) is 24.3 Å². The van der Waals surface area contributed by atoms with Crippen molar-refractivity contribution >= 4 is 12.4 Å². The number of hydrogen-bond donors (Lipinski definition) is 2. The largest absolute Gasteiger partial charge is 0.461 e. The molecule has 1 aromatic rings. The number of ether oxygens (including phenoxy) is 1. The first-order valence-corrected chi connectivity index (χ1v) is 6.70. The zero-order valence-corrected chi connectivity index (χ0v) is 12.4. The minimum atomic E-state index is -4.56. The molecule has 0 bridgehead atoms. The molecule has 0 spiro atoms. The van der Waals surface area contributed by atoms with E-state index >= 15 is 0 Å². The fourth-order valence-corrected chi connectivity index (χ4v) is 2.26. The third kappa shape index (κ3) is 4.24. The molecule has 1 saturated carbocycles. The quantitative estimate of drug-likeness (QED) is 0.777. The number of aliphatic hydroxyl groups excluding tert-OH is 1. The Kier molecular flexibility index (Phi) is 6.46. The Morgan fingerprint density at radius 3 is 2.41 bits per heavy atom. The van der Waals surface area contributed by atoms with E-state index in [9.17, 15) is 22.7 Å². The van der Waals surface area contributed by atoms with Gasteiger partial charge in [-0.1, -0.05) is 18.6 Å². The van der Waals surface area contributed by atoms with Crippen molar-refractivity contribution in [2.45, 2.75) is 43.9 Å². The summed E-state index contributed by atoms with van der Waals surface area (Å²) in [7, 11) is 0. The van der Waals surface area contributed by atoms with E-state index in [1.165, 1.54) is 6.07 Å². The van der Waals surface area contributed by atoms with Crippen LogP contribution in [0.4, 0.5) is 17.6 Å². The summed E-state index contributed by atoms with van der Waals surface area (Å²) in [4.78, 5) is 0. The minimum absolute atomic E-state index is 0. The number of hydrogen-bond acceptors (Lipinski definition) is 3. The number of halogens is 5. The summed E-state index contributed by atoms with van der Waals surface area (Å²) < 4.78 is 53.9. The van der Waals surface area contributed by atoms with Crippen LogP contribution in [-0.2, 0) is 0 Å². The Labute approximate surface area is 131 Å². The van der Waals surface area contributed by atoms with Crippen molar-refractivity contribution in [3.05, 3.63) is 29.8 Å². The monoisotopic (exact) mass is 343 g/mol. The number of benzene rings is 1. The summed E-state index contributed by atoms with van der Waals surface area (Å²) >= 11 is 0. The summed E-state index contributed by atoms with van der Waals surface area (Å²) in [5.41, 5.74) is 6.27. The molecule has 0 aliphatic heterocycles. The highest BCUT2D eigenvalue weighted by molar-refractivity contribution is 5.85. The fourth-order valence-electron chi connectivity index (χ4n) is 2.26. The number of aliphatic hydroxyl groups is 1. The average molecular weight is 344 g/mol. The van der Waals surface area contributed by atoms with E-state index in [1.54, 1.807) is 6.07 Å². The molecule has 0 unspecified atom stereocenters. The van der Waals surface area contributed by atoms with Crippen molar-refractivity contribution < 1.29 is 27.4 Å². The molecule has 0 aromatic heterocycles. The Hall–Kier alpha value is -1.05. The molecule has 8 heteroatoms. The minimum Gasteiger partial charge on any atom is -0.428 e. The van der Waals surface area contributed by atoms with Crippen molar-refractivity contribution in [3.63, 3.8) is 0 Å². The predicted octanol–water partition coefficient (Wildman–Crippen LogP) is 3.51. The topological polar surface area (TPSA) is 55.5 Å².